The molecule has 0 N–H and O–H groups in total. The van der Waals surface area contributed by atoms with Crippen LogP contribution >= 0.6 is 0 Å². The van der Waals surface area contributed by atoms with E-state index in [0.717, 1.165) is 6.42 Å². The predicted molar refractivity (Wildman–Crippen MR) is 106 cm³/mol. The van der Waals surface area contributed by atoms with Gasteiger partial charge in [-0.3, -0.25) is 0 Å². The summed E-state index contributed by atoms with van der Waals surface area (Å²) in [5, 5.41) is 0. The number of hydrogen-bond donors (Lipinski definition) is 0. The normalized spacial score (nSPS) is 16.5. The van der Waals surface area contributed by atoms with Gasteiger partial charge in [0, 0.05) is 21.7 Å². The Morgan fingerprint density at radius 3 is 2.15 bits per heavy atom. The van der Waals surface area contributed by atoms with Crippen LogP contribution in [0.25, 0.3) is 6.08 Å². The van der Waals surface area contributed by atoms with E-state index in [1.54, 1.807) is 0 Å². The van der Waals surface area contributed by atoms with Crippen molar-refractivity contribution in [2.75, 3.05) is 14.1 Å². The Hall–Kier alpha value is -1.13. The van der Waals surface area contributed by atoms with Gasteiger partial charge in [-0.25, -0.2) is 0 Å². The van der Waals surface area contributed by atoms with Crippen molar-refractivity contribution in [2.45, 2.75) is 38.3 Å². The fourth-order valence-electron chi connectivity index (χ4n) is 3.32. The molecule has 134 valence electrons. The van der Waals surface area contributed by atoms with E-state index in [2.05, 4.69) is 89.5 Å². The Kier molecular flexibility index (Phi) is 6.40. The standard InChI is InChI=1S/C22H28NOSi.Ti/c1-22(2,3)23(4,5)25(24)21-19(15-17-11-7-6-8-12-17)16-18-13-9-10-14-20(18)21;/h6-14,16,21H,15H2,1-5H3;/q+1;. The second-order valence-electron chi connectivity index (χ2n) is 8.41. The molecule has 2 aromatic rings. The van der Waals surface area contributed by atoms with E-state index >= 15 is 0 Å². The van der Waals surface area contributed by atoms with Crippen molar-refractivity contribution in [1.82, 2.24) is 0 Å². The number of fused-ring (bicyclic) bond motifs is 1. The van der Waals surface area contributed by atoms with Crippen LogP contribution in [0.15, 0.2) is 60.2 Å². The van der Waals surface area contributed by atoms with Gasteiger partial charge >= 0.3 is 8.84 Å². The zero-order valence-electron chi connectivity index (χ0n) is 16.4. The quantitative estimate of drug-likeness (QED) is 0.680. The predicted octanol–water partition coefficient (Wildman–Crippen LogP) is 4.74. The molecule has 0 saturated carbocycles. The molecule has 0 bridgehead atoms. The number of nitrogens with zero attached hydrogens (tertiary/aromatic N) is 1. The molecule has 4 heteroatoms. The van der Waals surface area contributed by atoms with Crippen molar-refractivity contribution in [2.24, 2.45) is 0 Å². The Balaban J connectivity index is 0.00000243. The molecule has 1 aliphatic rings. The van der Waals surface area contributed by atoms with Crippen LogP contribution in [0.2, 0.25) is 0 Å². The summed E-state index contributed by atoms with van der Waals surface area (Å²) in [7, 11) is 2.27. The molecule has 3 rings (SSSR count). The fraction of sp³-hybridized carbons (Fsp3) is 0.364. The molecular weight excluding hydrogens is 370 g/mol. The summed E-state index contributed by atoms with van der Waals surface area (Å²) in [6, 6.07) is 18.9. The van der Waals surface area contributed by atoms with Crippen molar-refractivity contribution >= 4 is 14.9 Å². The Labute approximate surface area is 174 Å². The van der Waals surface area contributed by atoms with Gasteiger partial charge in [-0.15, -0.1) is 0 Å². The molecule has 0 aliphatic heterocycles. The first-order valence-corrected chi connectivity index (χ1v) is 10.4. The van der Waals surface area contributed by atoms with Crippen molar-refractivity contribution in [3.05, 3.63) is 76.9 Å². The van der Waals surface area contributed by atoms with Gasteiger partial charge < -0.3 is 8.61 Å². The van der Waals surface area contributed by atoms with Crippen molar-refractivity contribution in [3.8, 4) is 0 Å². The van der Waals surface area contributed by atoms with Crippen LogP contribution in [-0.4, -0.2) is 32.6 Å². The van der Waals surface area contributed by atoms with Crippen LogP contribution in [0.5, 0.6) is 0 Å². The fourth-order valence-corrected chi connectivity index (χ4v) is 5.66. The van der Waals surface area contributed by atoms with Crippen LogP contribution in [0.1, 0.15) is 43.0 Å². The minimum atomic E-state index is -1.96. The van der Waals surface area contributed by atoms with Crippen LogP contribution in [0.3, 0.4) is 0 Å². The summed E-state index contributed by atoms with van der Waals surface area (Å²) in [6.07, 6.45) is 3.12. The largest absolute Gasteiger partial charge is 0.565 e. The van der Waals surface area contributed by atoms with Crippen molar-refractivity contribution in [1.29, 1.82) is 0 Å². The van der Waals surface area contributed by atoms with E-state index in [4.69, 9.17) is 0 Å². The van der Waals surface area contributed by atoms with Crippen LogP contribution in [0.4, 0.5) is 0 Å². The topological polar surface area (TPSA) is 17.1 Å². The molecule has 0 heterocycles. The average molecular weight is 398 g/mol. The summed E-state index contributed by atoms with van der Waals surface area (Å²) in [5.74, 6) is 0. The van der Waals surface area contributed by atoms with E-state index in [-0.39, 0.29) is 32.8 Å². The van der Waals surface area contributed by atoms with Crippen LogP contribution < -0.4 is 0 Å². The minimum absolute atomic E-state index is 0. The molecular formula is C22H28NOSiTi+. The monoisotopic (exact) mass is 398 g/mol. The van der Waals surface area contributed by atoms with Crippen LogP contribution in [0, 0.1) is 0 Å². The van der Waals surface area contributed by atoms with Gasteiger partial charge in [0.1, 0.15) is 5.54 Å². The van der Waals surface area contributed by atoms with Gasteiger partial charge in [0.25, 0.3) is 0 Å². The van der Waals surface area contributed by atoms with Gasteiger partial charge in [0.05, 0.1) is 19.6 Å². The summed E-state index contributed by atoms with van der Waals surface area (Å²) in [6.45, 7) is 6.53. The summed E-state index contributed by atoms with van der Waals surface area (Å²) < 4.78 is 14.3. The second kappa shape index (κ2) is 7.85. The average Bonchev–Trinajstić information content (AvgIpc) is 2.91. The molecule has 1 aliphatic carbocycles. The molecule has 26 heavy (non-hydrogen) atoms. The maximum Gasteiger partial charge on any atom is 0.565 e. The number of benzene rings is 2. The number of quaternary nitrogens is 1. The molecule has 0 aromatic heterocycles. The van der Waals surface area contributed by atoms with E-state index in [1.807, 2.05) is 6.07 Å². The molecule has 2 aromatic carbocycles. The summed E-state index contributed by atoms with van der Waals surface area (Å²) in [4.78, 5) is 0. The van der Waals surface area contributed by atoms with E-state index in [0.29, 0.717) is 4.15 Å². The van der Waals surface area contributed by atoms with Gasteiger partial charge in [0.2, 0.25) is 0 Å². The Morgan fingerprint density at radius 2 is 1.54 bits per heavy atom. The zero-order valence-corrected chi connectivity index (χ0v) is 19.0. The molecule has 1 unspecified atom stereocenters. The van der Waals surface area contributed by atoms with Crippen molar-refractivity contribution in [3.63, 3.8) is 0 Å². The molecule has 0 spiro atoms. The third-order valence-electron chi connectivity index (χ3n) is 5.74. The number of hydrogen-bond acceptors (Lipinski definition) is 1. The number of allylic oxidation sites excluding steroid dienone is 1. The van der Waals surface area contributed by atoms with Crippen molar-refractivity contribution < 1.29 is 30.3 Å². The van der Waals surface area contributed by atoms with E-state index in [9.17, 15) is 4.46 Å². The summed E-state index contributed by atoms with van der Waals surface area (Å²) >= 11 is 0. The maximum absolute atomic E-state index is 13.8. The van der Waals surface area contributed by atoms with Gasteiger partial charge in [0.15, 0.2) is 0 Å². The van der Waals surface area contributed by atoms with E-state index in [1.165, 1.54) is 22.3 Å². The minimum Gasteiger partial charge on any atom is -0.328 e. The molecule has 0 fully saturated rings. The van der Waals surface area contributed by atoms with Crippen LogP contribution in [-0.2, 0) is 32.6 Å². The Bertz CT molecular complexity index is 822. The molecule has 0 radical (unpaired) electrons. The molecule has 1 atom stereocenters. The number of rotatable bonds is 4. The summed E-state index contributed by atoms with van der Waals surface area (Å²) in [5.41, 5.74) is 4.98. The van der Waals surface area contributed by atoms with Gasteiger partial charge in [-0.2, -0.15) is 0 Å². The van der Waals surface area contributed by atoms with Gasteiger partial charge in [-0.1, -0.05) is 60.7 Å². The first kappa shape index (κ1) is 21.2. The molecule has 0 amide bonds. The molecule has 2 nitrogen and oxygen atoms in total. The maximum atomic E-state index is 13.8. The Morgan fingerprint density at radius 1 is 0.962 bits per heavy atom. The first-order valence-electron chi connectivity index (χ1n) is 8.93. The third-order valence-corrected chi connectivity index (χ3v) is 8.69. The smallest absolute Gasteiger partial charge is 0.328 e. The second-order valence-corrected chi connectivity index (χ2v) is 10.8. The van der Waals surface area contributed by atoms with Gasteiger partial charge in [-0.05, 0) is 49.5 Å². The first-order chi connectivity index (χ1) is 11.7. The van der Waals surface area contributed by atoms with E-state index < -0.39 is 8.84 Å². The molecule has 0 saturated heterocycles. The zero-order chi connectivity index (χ0) is 18.2. The third kappa shape index (κ3) is 3.91. The SMILES string of the molecule is CC(C)(C)[N+](C)(C)[Si](=O)C1C(Cc2ccccc2)=Cc2ccccc21.[Ti].